The van der Waals surface area contributed by atoms with Crippen LogP contribution < -0.4 is 5.32 Å². The first-order valence-electron chi connectivity index (χ1n) is 6.09. The molecule has 0 fully saturated rings. The van der Waals surface area contributed by atoms with Crippen molar-refractivity contribution >= 4 is 11.7 Å². The largest absolute Gasteiger partial charge is 0.367 e. The number of pyridine rings is 1. The molecule has 2 aromatic rings. The van der Waals surface area contributed by atoms with E-state index in [0.717, 1.165) is 5.56 Å². The number of aliphatic hydroxyl groups is 1. The van der Waals surface area contributed by atoms with E-state index < -0.39 is 17.9 Å². The number of nitrogens with zero attached hydrogens (tertiary/aromatic N) is 1. The van der Waals surface area contributed by atoms with Gasteiger partial charge in [0.2, 0.25) is 5.78 Å². The van der Waals surface area contributed by atoms with E-state index >= 15 is 0 Å². The quantitative estimate of drug-likeness (QED) is 0.648. The smallest absolute Gasteiger partial charge is 0.272 e. The summed E-state index contributed by atoms with van der Waals surface area (Å²) in [5, 5.41) is 12.0. The van der Waals surface area contributed by atoms with Crippen LogP contribution in [0.15, 0.2) is 48.7 Å². The summed E-state index contributed by atoms with van der Waals surface area (Å²) in [5.41, 5.74) is 1.40. The number of aliphatic hydroxyl groups excluding tert-OH is 1. The summed E-state index contributed by atoms with van der Waals surface area (Å²) in [7, 11) is 0. The normalized spacial score (nSPS) is 11.7. The molecule has 1 aromatic carbocycles. The third-order valence-corrected chi connectivity index (χ3v) is 2.72. The van der Waals surface area contributed by atoms with Crippen LogP contribution in [-0.2, 0) is 0 Å². The molecular weight excluding hydrogens is 256 g/mol. The molecule has 1 amide bonds. The van der Waals surface area contributed by atoms with Crippen molar-refractivity contribution in [1.82, 2.24) is 10.3 Å². The predicted molar refractivity (Wildman–Crippen MR) is 73.2 cm³/mol. The van der Waals surface area contributed by atoms with E-state index in [4.69, 9.17) is 0 Å². The Kier molecular flexibility index (Phi) is 4.22. The number of amides is 1. The molecule has 1 aromatic heterocycles. The van der Waals surface area contributed by atoms with Crippen molar-refractivity contribution in [3.63, 3.8) is 0 Å². The molecule has 0 saturated heterocycles. The monoisotopic (exact) mass is 270 g/mol. The molecule has 0 saturated carbocycles. The Morgan fingerprint density at radius 3 is 2.45 bits per heavy atom. The van der Waals surface area contributed by atoms with E-state index in [9.17, 15) is 14.7 Å². The fourth-order valence-corrected chi connectivity index (χ4v) is 1.63. The fraction of sp³-hybridized carbons (Fsp3) is 0.133. The Hall–Kier alpha value is -2.53. The highest BCUT2D eigenvalue weighted by molar-refractivity contribution is 6.02. The molecule has 1 heterocycles. The minimum atomic E-state index is -1.59. The number of aromatic nitrogens is 1. The molecule has 0 aliphatic carbocycles. The molecule has 0 spiro atoms. The van der Waals surface area contributed by atoms with E-state index in [-0.39, 0.29) is 5.69 Å². The average molecular weight is 270 g/mol. The second-order valence-corrected chi connectivity index (χ2v) is 4.33. The zero-order valence-electron chi connectivity index (χ0n) is 10.9. The van der Waals surface area contributed by atoms with Crippen LogP contribution in [0.1, 0.15) is 26.4 Å². The summed E-state index contributed by atoms with van der Waals surface area (Å²) in [6.07, 6.45) is -0.0478. The Morgan fingerprint density at radius 1 is 1.15 bits per heavy atom. The summed E-state index contributed by atoms with van der Waals surface area (Å²) in [4.78, 5) is 27.6. The number of rotatable bonds is 4. The first-order valence-corrected chi connectivity index (χ1v) is 6.09. The van der Waals surface area contributed by atoms with Gasteiger partial charge in [-0.3, -0.25) is 14.6 Å². The summed E-state index contributed by atoms with van der Waals surface area (Å²) in [6, 6.07) is 11.5. The van der Waals surface area contributed by atoms with Crippen molar-refractivity contribution in [1.29, 1.82) is 0 Å². The van der Waals surface area contributed by atoms with Crippen molar-refractivity contribution in [3.05, 3.63) is 65.5 Å². The predicted octanol–water partition coefficient (Wildman–Crippen LogP) is 1.32. The SMILES string of the molecule is Cc1ccc(C(=O)NC(O)C(=O)c2ccccc2)nc1. The lowest BCUT2D eigenvalue weighted by molar-refractivity contribution is 0.0605. The van der Waals surface area contributed by atoms with Gasteiger partial charge in [-0.25, -0.2) is 0 Å². The van der Waals surface area contributed by atoms with Gasteiger partial charge in [0, 0.05) is 11.8 Å². The number of hydrogen-bond acceptors (Lipinski definition) is 4. The van der Waals surface area contributed by atoms with Crippen molar-refractivity contribution in [3.8, 4) is 0 Å². The summed E-state index contributed by atoms with van der Waals surface area (Å²) in [6.45, 7) is 1.85. The average Bonchev–Trinajstić information content (AvgIpc) is 2.48. The van der Waals surface area contributed by atoms with E-state index in [1.807, 2.05) is 6.92 Å². The van der Waals surface area contributed by atoms with Gasteiger partial charge in [-0.2, -0.15) is 0 Å². The van der Waals surface area contributed by atoms with E-state index in [0.29, 0.717) is 5.56 Å². The molecule has 1 atom stereocenters. The van der Waals surface area contributed by atoms with Crippen LogP contribution in [0.5, 0.6) is 0 Å². The second kappa shape index (κ2) is 6.08. The Morgan fingerprint density at radius 2 is 1.85 bits per heavy atom. The van der Waals surface area contributed by atoms with Crippen molar-refractivity contribution in [2.75, 3.05) is 0 Å². The van der Waals surface area contributed by atoms with E-state index in [1.165, 1.54) is 6.07 Å². The number of carbonyl (C=O) groups is 2. The highest BCUT2D eigenvalue weighted by Gasteiger charge is 2.20. The number of benzene rings is 1. The molecule has 0 radical (unpaired) electrons. The molecule has 0 bridgehead atoms. The van der Waals surface area contributed by atoms with Gasteiger partial charge in [0.05, 0.1) is 0 Å². The summed E-state index contributed by atoms with van der Waals surface area (Å²) in [5.74, 6) is -1.16. The van der Waals surface area contributed by atoms with Crippen LogP contribution in [0, 0.1) is 6.92 Å². The van der Waals surface area contributed by atoms with Crippen LogP contribution in [0.25, 0.3) is 0 Å². The standard InChI is InChI=1S/C15H14N2O3/c1-10-7-8-12(16-9-10)14(19)17-15(20)13(18)11-5-3-2-4-6-11/h2-9,15,20H,1H3,(H,17,19). The van der Waals surface area contributed by atoms with Crippen molar-refractivity contribution in [2.45, 2.75) is 13.2 Å². The molecule has 20 heavy (non-hydrogen) atoms. The van der Waals surface area contributed by atoms with Gasteiger partial charge >= 0.3 is 0 Å². The first kappa shape index (κ1) is 13.9. The van der Waals surface area contributed by atoms with Gasteiger partial charge in [-0.05, 0) is 18.6 Å². The topological polar surface area (TPSA) is 79.3 Å². The van der Waals surface area contributed by atoms with E-state index in [1.54, 1.807) is 42.6 Å². The first-order chi connectivity index (χ1) is 9.58. The Bertz CT molecular complexity index is 609. The zero-order valence-corrected chi connectivity index (χ0v) is 10.9. The third kappa shape index (κ3) is 3.27. The van der Waals surface area contributed by atoms with Crippen LogP contribution in [-0.4, -0.2) is 28.0 Å². The highest BCUT2D eigenvalue weighted by atomic mass is 16.3. The van der Waals surface area contributed by atoms with Gasteiger partial charge in [0.1, 0.15) is 5.69 Å². The zero-order chi connectivity index (χ0) is 14.5. The van der Waals surface area contributed by atoms with Crippen molar-refractivity contribution in [2.24, 2.45) is 0 Å². The number of hydrogen-bond donors (Lipinski definition) is 2. The Balaban J connectivity index is 2.04. The van der Waals surface area contributed by atoms with Gasteiger partial charge in [-0.15, -0.1) is 0 Å². The lowest BCUT2D eigenvalue weighted by atomic mass is 10.1. The number of ketones is 1. The minimum absolute atomic E-state index is 0.149. The molecule has 0 aliphatic rings. The lowest BCUT2D eigenvalue weighted by Gasteiger charge is -2.11. The maximum Gasteiger partial charge on any atom is 0.272 e. The second-order valence-electron chi connectivity index (χ2n) is 4.33. The maximum atomic E-state index is 11.9. The number of carbonyl (C=O) groups excluding carboxylic acids is 2. The lowest BCUT2D eigenvalue weighted by Crippen LogP contribution is -2.41. The molecule has 2 rings (SSSR count). The minimum Gasteiger partial charge on any atom is -0.367 e. The third-order valence-electron chi connectivity index (χ3n) is 2.72. The summed E-state index contributed by atoms with van der Waals surface area (Å²) < 4.78 is 0. The number of Topliss-reactive ketones (excluding diaryl/α,β-unsaturated/α-hetero) is 1. The van der Waals surface area contributed by atoms with Gasteiger partial charge < -0.3 is 10.4 Å². The van der Waals surface area contributed by atoms with Crippen LogP contribution >= 0.6 is 0 Å². The maximum absolute atomic E-state index is 11.9. The molecule has 5 heteroatoms. The molecule has 0 aliphatic heterocycles. The van der Waals surface area contributed by atoms with Crippen LogP contribution in [0.3, 0.4) is 0 Å². The summed E-state index contributed by atoms with van der Waals surface area (Å²) >= 11 is 0. The van der Waals surface area contributed by atoms with Gasteiger partial charge in [-0.1, -0.05) is 36.4 Å². The molecule has 102 valence electrons. The Labute approximate surface area is 116 Å². The van der Waals surface area contributed by atoms with E-state index in [2.05, 4.69) is 10.3 Å². The number of nitrogens with one attached hydrogen (secondary N) is 1. The molecular formula is C15H14N2O3. The van der Waals surface area contributed by atoms with Crippen LogP contribution in [0.2, 0.25) is 0 Å². The molecule has 2 N–H and O–H groups in total. The van der Waals surface area contributed by atoms with Gasteiger partial charge in [0.15, 0.2) is 6.23 Å². The van der Waals surface area contributed by atoms with Crippen molar-refractivity contribution < 1.29 is 14.7 Å². The molecule has 5 nitrogen and oxygen atoms in total. The van der Waals surface area contributed by atoms with Gasteiger partial charge in [0.25, 0.3) is 5.91 Å². The number of aryl methyl sites for hydroxylation is 1. The fourth-order valence-electron chi connectivity index (χ4n) is 1.63. The highest BCUT2D eigenvalue weighted by Crippen LogP contribution is 2.03. The molecule has 1 unspecified atom stereocenters. The van der Waals surface area contributed by atoms with Crippen LogP contribution in [0.4, 0.5) is 0 Å².